The van der Waals surface area contributed by atoms with Crippen LogP contribution in [0.5, 0.6) is 0 Å². The Morgan fingerprint density at radius 2 is 2.11 bits per heavy atom. The predicted molar refractivity (Wildman–Crippen MR) is 93.3 cm³/mol. The van der Waals surface area contributed by atoms with Gasteiger partial charge < -0.3 is 14.4 Å². The zero-order chi connectivity index (χ0) is 19.5. The maximum Gasteiger partial charge on any atom is 0.352 e. The Labute approximate surface area is 156 Å². The Morgan fingerprint density at radius 3 is 2.78 bits per heavy atom. The molecule has 0 aromatic heterocycles. The zero-order valence-electron chi connectivity index (χ0n) is 14.3. The van der Waals surface area contributed by atoms with Crippen molar-refractivity contribution in [3.63, 3.8) is 0 Å². The van der Waals surface area contributed by atoms with E-state index in [1.165, 1.54) is 40.7 Å². The van der Waals surface area contributed by atoms with Gasteiger partial charge in [-0.15, -0.1) is 11.8 Å². The second-order valence-corrected chi connectivity index (χ2v) is 7.32. The number of fused-ring (bicyclic) bond motifs is 2. The molecule has 11 heteroatoms. The van der Waals surface area contributed by atoms with E-state index in [4.69, 9.17) is 4.74 Å². The quantitative estimate of drug-likeness (QED) is 0.564. The molecule has 4 aliphatic rings. The van der Waals surface area contributed by atoms with Crippen LogP contribution in [0.2, 0.25) is 0 Å². The van der Waals surface area contributed by atoms with E-state index in [0.717, 1.165) is 0 Å². The van der Waals surface area contributed by atoms with Crippen LogP contribution < -0.4 is 5.56 Å². The number of esters is 1. The summed E-state index contributed by atoms with van der Waals surface area (Å²) < 4.78 is 6.20. The molecule has 0 bridgehead atoms. The number of carbonyl (C=O) groups excluding carboxylic acids is 2. The first-order valence-electron chi connectivity index (χ1n) is 7.91. The molecule has 0 aromatic carbocycles. The van der Waals surface area contributed by atoms with Crippen LogP contribution in [0.1, 0.15) is 23.3 Å². The van der Waals surface area contributed by atoms with Crippen LogP contribution in [0.25, 0.3) is 11.3 Å². The highest BCUT2D eigenvalue weighted by atomic mass is 32.2. The van der Waals surface area contributed by atoms with E-state index in [2.05, 4.69) is 10.2 Å². The van der Waals surface area contributed by atoms with Gasteiger partial charge in [-0.25, -0.2) is 14.7 Å². The molecule has 1 amide bonds. The smallest absolute Gasteiger partial charge is 0.352 e. The van der Waals surface area contributed by atoms with Gasteiger partial charge in [0, 0.05) is 18.1 Å². The molecule has 4 rings (SSSR count). The fraction of sp³-hybridized carbons (Fsp3) is 0.312. The molecule has 27 heavy (non-hydrogen) atoms. The molecule has 1 fully saturated rings. The summed E-state index contributed by atoms with van der Waals surface area (Å²) in [5.74, 6) is -1.79. The van der Waals surface area contributed by atoms with Crippen molar-refractivity contribution in [3.05, 3.63) is 39.6 Å². The summed E-state index contributed by atoms with van der Waals surface area (Å²) in [6.45, 7) is 1.68. The molecule has 0 aromatic rings. The van der Waals surface area contributed by atoms with E-state index in [1.807, 2.05) is 0 Å². The third-order valence-corrected chi connectivity index (χ3v) is 6.05. The van der Waals surface area contributed by atoms with Gasteiger partial charge in [0.1, 0.15) is 28.4 Å². The van der Waals surface area contributed by atoms with Gasteiger partial charge in [0.2, 0.25) is 0 Å². The third-order valence-electron chi connectivity index (χ3n) is 4.64. The lowest BCUT2D eigenvalue weighted by Crippen LogP contribution is -2.61. The summed E-state index contributed by atoms with van der Waals surface area (Å²) in [5.41, 5.74) is 0.461. The molecule has 4 aliphatic heterocycles. The number of H-pyrrole nitrogens is 1. The summed E-state index contributed by atoms with van der Waals surface area (Å²) in [6, 6.07) is -0.737. The van der Waals surface area contributed by atoms with Crippen LogP contribution >= 0.6 is 11.8 Å². The van der Waals surface area contributed by atoms with E-state index in [9.17, 15) is 24.3 Å². The number of nitrogens with one attached hydrogen (secondary N) is 1. The van der Waals surface area contributed by atoms with Crippen molar-refractivity contribution in [1.29, 1.82) is 0 Å². The SMILES string of the molecule is COC(=O)c1cn(C2C(=O)N3C(C(=O)O)=C(C)CSC23)cc2c(=O)[nH]nc1-2. The fourth-order valence-corrected chi connectivity index (χ4v) is 4.73. The molecule has 0 aliphatic carbocycles. The van der Waals surface area contributed by atoms with Crippen molar-refractivity contribution in [3.8, 4) is 11.3 Å². The predicted octanol–water partition coefficient (Wildman–Crippen LogP) is 0.278. The van der Waals surface area contributed by atoms with Gasteiger partial charge in [-0.3, -0.25) is 14.5 Å². The first kappa shape index (κ1) is 17.3. The number of methoxy groups -OCH3 is 1. The molecule has 10 nitrogen and oxygen atoms in total. The van der Waals surface area contributed by atoms with E-state index in [0.29, 0.717) is 11.3 Å². The molecule has 2 unspecified atom stereocenters. The second-order valence-electron chi connectivity index (χ2n) is 6.21. The topological polar surface area (TPSA) is 135 Å². The molecule has 4 heterocycles. The lowest BCUT2D eigenvalue weighted by molar-refractivity contribution is -0.151. The average molecular weight is 390 g/mol. The van der Waals surface area contributed by atoms with Crippen LogP contribution in [-0.4, -0.2) is 60.9 Å². The summed E-state index contributed by atoms with van der Waals surface area (Å²) in [5, 5.41) is 15.1. The van der Waals surface area contributed by atoms with Crippen molar-refractivity contribution in [2.75, 3.05) is 12.9 Å². The maximum atomic E-state index is 12.7. The van der Waals surface area contributed by atoms with Crippen LogP contribution in [0.15, 0.2) is 28.5 Å². The number of aromatic amines is 1. The third kappa shape index (κ3) is 2.38. The molecule has 2 atom stereocenters. The minimum atomic E-state index is -1.16. The largest absolute Gasteiger partial charge is 0.477 e. The minimum absolute atomic E-state index is 0.0114. The van der Waals surface area contributed by atoms with Crippen LogP contribution in [0, 0.1) is 0 Å². The maximum absolute atomic E-state index is 12.7. The van der Waals surface area contributed by atoms with Crippen molar-refractivity contribution in [1.82, 2.24) is 19.7 Å². The molecule has 140 valence electrons. The number of pyridine rings is 1. The highest BCUT2D eigenvalue weighted by Crippen LogP contribution is 2.46. The van der Waals surface area contributed by atoms with Gasteiger partial charge in [-0.2, -0.15) is 5.10 Å². The summed E-state index contributed by atoms with van der Waals surface area (Å²) in [7, 11) is 1.20. The highest BCUT2D eigenvalue weighted by molar-refractivity contribution is 8.00. The van der Waals surface area contributed by atoms with Gasteiger partial charge in [0.25, 0.3) is 11.5 Å². The number of β-lactam (4-membered cyclic amide) rings is 1. The number of aliphatic carboxylic acids is 1. The Balaban J connectivity index is 1.81. The first-order valence-corrected chi connectivity index (χ1v) is 8.96. The number of aromatic nitrogens is 3. The molecular formula is C16H14N4O6S. The van der Waals surface area contributed by atoms with Gasteiger partial charge >= 0.3 is 11.9 Å². The van der Waals surface area contributed by atoms with Crippen molar-refractivity contribution < 1.29 is 24.2 Å². The fourth-order valence-electron chi connectivity index (χ4n) is 3.37. The summed E-state index contributed by atoms with van der Waals surface area (Å²) in [6.07, 6.45) is 2.85. The van der Waals surface area contributed by atoms with E-state index in [-0.39, 0.29) is 22.5 Å². The van der Waals surface area contributed by atoms with Crippen LogP contribution in [0.3, 0.4) is 0 Å². The number of carbonyl (C=O) groups is 3. The molecule has 2 N–H and O–H groups in total. The van der Waals surface area contributed by atoms with Crippen LogP contribution in [-0.2, 0) is 14.3 Å². The van der Waals surface area contributed by atoms with Crippen molar-refractivity contribution in [2.45, 2.75) is 18.3 Å². The number of carboxylic acids is 1. The van der Waals surface area contributed by atoms with Gasteiger partial charge in [0.05, 0.1) is 12.7 Å². The molecular weight excluding hydrogens is 376 g/mol. The molecule has 1 saturated heterocycles. The van der Waals surface area contributed by atoms with Gasteiger partial charge in [-0.05, 0) is 12.5 Å². The number of amides is 1. The number of ether oxygens (including phenoxy) is 1. The Hall–Kier alpha value is -3.08. The summed E-state index contributed by atoms with van der Waals surface area (Å²) >= 11 is 1.43. The Kier molecular flexibility index (Phi) is 3.84. The standard InChI is InChI=1S/C16H14N4O6S/c1-6-5-27-14-11(13(22)20(14)10(6)15(23)24)19-3-7-9(17-18-12(7)21)8(4-19)16(25)26-2/h3-4,11,14H,5H2,1-2H3,(H,18,21)(H,23,24). The number of thioether (sulfide) groups is 1. The van der Waals surface area contributed by atoms with E-state index < -0.39 is 34.8 Å². The first-order chi connectivity index (χ1) is 12.8. The van der Waals surface area contributed by atoms with Crippen molar-refractivity contribution >= 4 is 29.6 Å². The Morgan fingerprint density at radius 1 is 1.37 bits per heavy atom. The Bertz CT molecular complexity index is 1050. The second kappa shape index (κ2) is 5.98. The number of rotatable bonds is 3. The number of hydrogen-bond acceptors (Lipinski definition) is 7. The average Bonchev–Trinajstić information content (AvgIpc) is 3.01. The highest BCUT2D eigenvalue weighted by Gasteiger charge is 2.54. The normalized spacial score (nSPS) is 21.9. The minimum Gasteiger partial charge on any atom is -0.477 e. The lowest BCUT2D eigenvalue weighted by atomic mass is 10.0. The molecule has 0 spiro atoms. The lowest BCUT2D eigenvalue weighted by Gasteiger charge is -2.50. The van der Waals surface area contributed by atoms with E-state index >= 15 is 0 Å². The van der Waals surface area contributed by atoms with E-state index in [1.54, 1.807) is 6.92 Å². The number of nitrogens with zero attached hydrogens (tertiary/aromatic N) is 3. The van der Waals surface area contributed by atoms with Crippen LogP contribution in [0.4, 0.5) is 0 Å². The van der Waals surface area contributed by atoms with Gasteiger partial charge in [0.15, 0.2) is 0 Å². The molecule has 0 saturated carbocycles. The monoisotopic (exact) mass is 390 g/mol. The van der Waals surface area contributed by atoms with Gasteiger partial charge in [-0.1, -0.05) is 0 Å². The zero-order valence-corrected chi connectivity index (χ0v) is 15.1. The summed E-state index contributed by atoms with van der Waals surface area (Å²) in [4.78, 5) is 49.6. The number of hydrogen-bond donors (Lipinski definition) is 2. The van der Waals surface area contributed by atoms with Crippen molar-refractivity contribution in [2.24, 2.45) is 0 Å². The number of carboxylic acid groups (broad SMARTS) is 1. The molecule has 0 radical (unpaired) electrons.